The van der Waals surface area contributed by atoms with Crippen LogP contribution in [0.3, 0.4) is 0 Å². The van der Waals surface area contributed by atoms with Gasteiger partial charge in [-0.05, 0) is 19.8 Å². The minimum Gasteiger partial charge on any atom is -0.341 e. The first-order valence-corrected chi connectivity index (χ1v) is 7.55. The van der Waals surface area contributed by atoms with Crippen molar-refractivity contribution < 1.29 is 9.72 Å². The third kappa shape index (κ3) is 3.35. The van der Waals surface area contributed by atoms with Crippen molar-refractivity contribution in [1.29, 1.82) is 0 Å². The van der Waals surface area contributed by atoms with E-state index in [-0.39, 0.29) is 17.6 Å². The fourth-order valence-electron chi connectivity index (χ4n) is 2.96. The standard InChI is InChI=1S/C15H21N3O4/c1-11(15(20)16(2)12-6-4-3-5-7-12)17-10-13(18(21)22)8-9-14(17)19/h8-12H,3-7H2,1-2H3/t11-/m0/s1. The molecular formula is C15H21N3O4. The molecule has 0 saturated heterocycles. The van der Waals surface area contributed by atoms with Gasteiger partial charge in [0.25, 0.3) is 11.2 Å². The van der Waals surface area contributed by atoms with Gasteiger partial charge in [-0.3, -0.25) is 24.3 Å². The molecular weight excluding hydrogens is 286 g/mol. The number of nitro groups is 1. The van der Waals surface area contributed by atoms with Gasteiger partial charge in [-0.15, -0.1) is 0 Å². The quantitative estimate of drug-likeness (QED) is 0.630. The molecule has 1 amide bonds. The van der Waals surface area contributed by atoms with E-state index >= 15 is 0 Å². The lowest BCUT2D eigenvalue weighted by Crippen LogP contribution is -2.43. The predicted octanol–water partition coefficient (Wildman–Crippen LogP) is 2.11. The molecule has 7 heteroatoms. The van der Waals surface area contributed by atoms with Crippen LogP contribution in [0.25, 0.3) is 0 Å². The first-order valence-electron chi connectivity index (χ1n) is 7.55. The maximum absolute atomic E-state index is 12.6. The van der Waals surface area contributed by atoms with Gasteiger partial charge in [0.15, 0.2) is 0 Å². The number of nitrogens with zero attached hydrogens (tertiary/aromatic N) is 3. The van der Waals surface area contributed by atoms with Crippen molar-refractivity contribution in [2.75, 3.05) is 7.05 Å². The molecule has 0 aromatic carbocycles. The summed E-state index contributed by atoms with van der Waals surface area (Å²) in [7, 11) is 1.75. The maximum atomic E-state index is 12.6. The van der Waals surface area contributed by atoms with Gasteiger partial charge in [-0.25, -0.2) is 0 Å². The second kappa shape index (κ2) is 6.72. The Hall–Kier alpha value is -2.18. The van der Waals surface area contributed by atoms with Crippen molar-refractivity contribution in [3.8, 4) is 0 Å². The van der Waals surface area contributed by atoms with Crippen molar-refractivity contribution in [1.82, 2.24) is 9.47 Å². The molecule has 0 spiro atoms. The summed E-state index contributed by atoms with van der Waals surface area (Å²) in [6.07, 6.45) is 6.48. The third-order valence-corrected chi connectivity index (χ3v) is 4.38. The number of amides is 1. The number of hydrogen-bond donors (Lipinski definition) is 0. The van der Waals surface area contributed by atoms with E-state index in [9.17, 15) is 19.7 Å². The average molecular weight is 307 g/mol. The van der Waals surface area contributed by atoms with Crippen LogP contribution in [0.1, 0.15) is 45.1 Å². The zero-order valence-electron chi connectivity index (χ0n) is 12.9. The summed E-state index contributed by atoms with van der Waals surface area (Å²) in [5, 5.41) is 10.8. The number of hydrogen-bond acceptors (Lipinski definition) is 4. The zero-order chi connectivity index (χ0) is 16.3. The molecule has 0 unspecified atom stereocenters. The molecule has 1 aliphatic rings. The lowest BCUT2D eigenvalue weighted by molar-refractivity contribution is -0.385. The van der Waals surface area contributed by atoms with E-state index in [1.54, 1.807) is 18.9 Å². The number of carbonyl (C=O) groups excluding carboxylic acids is 1. The molecule has 0 N–H and O–H groups in total. The Morgan fingerprint density at radius 1 is 1.36 bits per heavy atom. The summed E-state index contributed by atoms with van der Waals surface area (Å²) in [5.41, 5.74) is -0.608. The van der Waals surface area contributed by atoms with Gasteiger partial charge in [-0.1, -0.05) is 19.3 Å². The van der Waals surface area contributed by atoms with Crippen LogP contribution in [0.15, 0.2) is 23.1 Å². The summed E-state index contributed by atoms with van der Waals surface area (Å²) in [5.74, 6) is -0.186. The fourth-order valence-corrected chi connectivity index (χ4v) is 2.96. The van der Waals surface area contributed by atoms with Gasteiger partial charge in [0.05, 0.1) is 11.1 Å². The summed E-state index contributed by atoms with van der Waals surface area (Å²) in [6.45, 7) is 1.60. The van der Waals surface area contributed by atoms with Gasteiger partial charge in [0.2, 0.25) is 5.91 Å². The van der Waals surface area contributed by atoms with Gasteiger partial charge < -0.3 is 4.90 Å². The molecule has 22 heavy (non-hydrogen) atoms. The maximum Gasteiger partial charge on any atom is 0.285 e. The van der Waals surface area contributed by atoms with Crippen LogP contribution in [-0.4, -0.2) is 33.4 Å². The van der Waals surface area contributed by atoms with E-state index < -0.39 is 16.5 Å². The zero-order valence-corrected chi connectivity index (χ0v) is 12.9. The molecule has 0 bridgehead atoms. The largest absolute Gasteiger partial charge is 0.341 e. The van der Waals surface area contributed by atoms with Crippen LogP contribution >= 0.6 is 0 Å². The molecule has 1 fully saturated rings. The van der Waals surface area contributed by atoms with Crippen LogP contribution in [0.2, 0.25) is 0 Å². The smallest absolute Gasteiger partial charge is 0.285 e. The third-order valence-electron chi connectivity index (χ3n) is 4.38. The Labute approximate surface area is 128 Å². The van der Waals surface area contributed by atoms with E-state index in [1.807, 2.05) is 0 Å². The highest BCUT2D eigenvalue weighted by Gasteiger charge is 2.27. The molecule has 2 rings (SSSR count). The Morgan fingerprint density at radius 3 is 2.59 bits per heavy atom. The van der Waals surface area contributed by atoms with Crippen LogP contribution in [0.4, 0.5) is 5.69 Å². The summed E-state index contributed by atoms with van der Waals surface area (Å²) in [6, 6.07) is 1.72. The molecule has 1 heterocycles. The van der Waals surface area contributed by atoms with Gasteiger partial charge in [0, 0.05) is 25.2 Å². The second-order valence-electron chi connectivity index (χ2n) is 5.81. The molecule has 120 valence electrons. The Kier molecular flexibility index (Phi) is 4.95. The van der Waals surface area contributed by atoms with E-state index in [4.69, 9.17) is 0 Å². The second-order valence-corrected chi connectivity index (χ2v) is 5.81. The number of pyridine rings is 1. The highest BCUT2D eigenvalue weighted by Crippen LogP contribution is 2.23. The monoisotopic (exact) mass is 307 g/mol. The summed E-state index contributed by atoms with van der Waals surface area (Å²) in [4.78, 5) is 36.4. The van der Waals surface area contributed by atoms with Crippen molar-refractivity contribution >= 4 is 11.6 Å². The van der Waals surface area contributed by atoms with Crippen molar-refractivity contribution in [2.45, 2.75) is 51.1 Å². The molecule has 1 aromatic heterocycles. The van der Waals surface area contributed by atoms with E-state index in [0.717, 1.165) is 48.6 Å². The number of carbonyl (C=O) groups is 1. The van der Waals surface area contributed by atoms with Crippen LogP contribution in [0, 0.1) is 10.1 Å². The minimum absolute atomic E-state index is 0.186. The number of rotatable bonds is 4. The average Bonchev–Trinajstić information content (AvgIpc) is 2.53. The molecule has 1 atom stereocenters. The normalized spacial score (nSPS) is 17.0. The molecule has 0 aliphatic heterocycles. The highest BCUT2D eigenvalue weighted by molar-refractivity contribution is 5.80. The number of likely N-dealkylation sites (N-methyl/N-ethyl adjacent to an activating group) is 1. The summed E-state index contributed by atoms with van der Waals surface area (Å²) >= 11 is 0. The molecule has 0 radical (unpaired) electrons. The van der Waals surface area contributed by atoms with Crippen molar-refractivity contribution in [3.63, 3.8) is 0 Å². The first kappa shape index (κ1) is 16.2. The fraction of sp³-hybridized carbons (Fsp3) is 0.600. The first-order chi connectivity index (χ1) is 10.4. The molecule has 1 saturated carbocycles. The van der Waals surface area contributed by atoms with E-state index in [1.165, 1.54) is 6.42 Å². The molecule has 1 aromatic rings. The predicted molar refractivity (Wildman–Crippen MR) is 81.7 cm³/mol. The van der Waals surface area contributed by atoms with Crippen LogP contribution in [0.5, 0.6) is 0 Å². The molecule has 1 aliphatic carbocycles. The Morgan fingerprint density at radius 2 is 2.00 bits per heavy atom. The lowest BCUT2D eigenvalue weighted by Gasteiger charge is -2.33. The van der Waals surface area contributed by atoms with Crippen LogP contribution in [-0.2, 0) is 4.79 Å². The van der Waals surface area contributed by atoms with Gasteiger partial charge in [0.1, 0.15) is 6.04 Å². The highest BCUT2D eigenvalue weighted by atomic mass is 16.6. The van der Waals surface area contributed by atoms with Gasteiger partial charge in [-0.2, -0.15) is 0 Å². The summed E-state index contributed by atoms with van der Waals surface area (Å²) < 4.78 is 1.14. The van der Waals surface area contributed by atoms with Crippen LogP contribution < -0.4 is 5.56 Å². The Balaban J connectivity index is 2.21. The van der Waals surface area contributed by atoms with Crippen molar-refractivity contribution in [3.05, 3.63) is 38.8 Å². The SMILES string of the molecule is C[C@@H](C(=O)N(C)C1CCCCC1)n1cc([N+](=O)[O-])ccc1=O. The number of aromatic nitrogens is 1. The van der Waals surface area contributed by atoms with Gasteiger partial charge >= 0.3 is 0 Å². The molecule has 7 nitrogen and oxygen atoms in total. The topological polar surface area (TPSA) is 85.4 Å². The minimum atomic E-state index is -0.751. The van der Waals surface area contributed by atoms with E-state index in [2.05, 4.69) is 0 Å². The van der Waals surface area contributed by atoms with Crippen molar-refractivity contribution in [2.24, 2.45) is 0 Å². The lowest BCUT2D eigenvalue weighted by atomic mass is 9.94. The Bertz CT molecular complexity index is 619. The van der Waals surface area contributed by atoms with E-state index in [0.29, 0.717) is 0 Å².